The van der Waals surface area contributed by atoms with Crippen LogP contribution < -0.4 is 9.13 Å². The van der Waals surface area contributed by atoms with Crippen LogP contribution in [0, 0.1) is 0 Å². The molecule has 0 saturated heterocycles. The second kappa shape index (κ2) is 5.34. The Morgan fingerprint density at radius 2 is 1.60 bits per heavy atom. The van der Waals surface area contributed by atoms with Crippen molar-refractivity contribution in [3.63, 3.8) is 0 Å². The van der Waals surface area contributed by atoms with Crippen LogP contribution >= 0.6 is 0 Å². The standard InChI is InChI=1S/C6H11N2.C5H9N2/c1-3-8-5-4-7(2)6-8;1-6-3-4-7(2)5-6/h4-6H,3H2,1-2H3;3-5H,1-2H3/q2*+1. The average Bonchev–Trinajstić information content (AvgIpc) is 2.76. The molecule has 0 aliphatic heterocycles. The molecule has 2 heterocycles. The first-order chi connectivity index (χ1) is 7.11. The van der Waals surface area contributed by atoms with Crippen LogP contribution in [-0.4, -0.2) is 9.13 Å². The molecule has 4 heteroatoms. The maximum Gasteiger partial charge on any atom is 0.243 e. The monoisotopic (exact) mass is 208 g/mol. The van der Waals surface area contributed by atoms with Crippen LogP contribution in [0.25, 0.3) is 0 Å². The van der Waals surface area contributed by atoms with Gasteiger partial charge >= 0.3 is 0 Å². The normalized spacial score (nSPS) is 9.60. The summed E-state index contributed by atoms with van der Waals surface area (Å²) >= 11 is 0. The number of aryl methyl sites for hydroxylation is 4. The molecule has 0 fully saturated rings. The van der Waals surface area contributed by atoms with Crippen molar-refractivity contribution in [2.45, 2.75) is 13.5 Å². The number of imidazole rings is 2. The van der Waals surface area contributed by atoms with E-state index in [4.69, 9.17) is 0 Å². The van der Waals surface area contributed by atoms with E-state index in [1.54, 1.807) is 0 Å². The summed E-state index contributed by atoms with van der Waals surface area (Å²) in [7, 11) is 6.02. The predicted molar refractivity (Wildman–Crippen MR) is 57.9 cm³/mol. The van der Waals surface area contributed by atoms with Crippen molar-refractivity contribution >= 4 is 0 Å². The van der Waals surface area contributed by atoms with Crippen molar-refractivity contribution in [3.8, 4) is 0 Å². The molecule has 0 spiro atoms. The second-order valence-corrected chi connectivity index (χ2v) is 3.65. The zero-order chi connectivity index (χ0) is 11.3. The van der Waals surface area contributed by atoms with Crippen LogP contribution in [0.15, 0.2) is 37.4 Å². The molecule has 0 aliphatic rings. The van der Waals surface area contributed by atoms with E-state index in [9.17, 15) is 0 Å². The van der Waals surface area contributed by atoms with Crippen LogP contribution in [0.1, 0.15) is 6.92 Å². The van der Waals surface area contributed by atoms with Gasteiger partial charge in [0.25, 0.3) is 0 Å². The molecule has 0 aromatic carbocycles. The van der Waals surface area contributed by atoms with Gasteiger partial charge in [0.05, 0.1) is 27.7 Å². The van der Waals surface area contributed by atoms with Crippen LogP contribution in [0.5, 0.6) is 0 Å². The Bertz CT molecular complexity index is 384. The van der Waals surface area contributed by atoms with Crippen molar-refractivity contribution in [3.05, 3.63) is 37.4 Å². The molecule has 0 radical (unpaired) electrons. The predicted octanol–water partition coefficient (Wildman–Crippen LogP) is 0.182. The third-order valence-corrected chi connectivity index (χ3v) is 2.09. The SMILES string of the molecule is CCn1cc[n+](C)c1.Cn1cc[n+](C)c1. The van der Waals surface area contributed by atoms with Gasteiger partial charge in [-0.15, -0.1) is 0 Å². The van der Waals surface area contributed by atoms with E-state index in [2.05, 4.69) is 24.0 Å². The van der Waals surface area contributed by atoms with Gasteiger partial charge < -0.3 is 0 Å². The highest BCUT2D eigenvalue weighted by atomic mass is 15.1. The zero-order valence-electron chi connectivity index (χ0n) is 9.96. The van der Waals surface area contributed by atoms with E-state index in [1.807, 2.05) is 59.8 Å². The zero-order valence-corrected chi connectivity index (χ0v) is 9.96. The summed E-state index contributed by atoms with van der Waals surface area (Å²) in [4.78, 5) is 0. The summed E-state index contributed by atoms with van der Waals surface area (Å²) in [6.45, 7) is 3.18. The Kier molecular flexibility index (Phi) is 4.09. The Labute approximate surface area is 91.0 Å². The minimum Gasteiger partial charge on any atom is -0.240 e. The third-order valence-electron chi connectivity index (χ3n) is 2.09. The quantitative estimate of drug-likeness (QED) is 0.595. The molecule has 0 aliphatic carbocycles. The second-order valence-electron chi connectivity index (χ2n) is 3.65. The molecule has 4 nitrogen and oxygen atoms in total. The van der Waals surface area contributed by atoms with E-state index in [1.165, 1.54) is 0 Å². The molecule has 2 rings (SSSR count). The van der Waals surface area contributed by atoms with Gasteiger partial charge in [0.15, 0.2) is 0 Å². The average molecular weight is 208 g/mol. The Hall–Kier alpha value is -1.58. The Balaban J connectivity index is 0.000000151. The third kappa shape index (κ3) is 3.97. The summed E-state index contributed by atoms with van der Waals surface area (Å²) in [6, 6.07) is 0. The van der Waals surface area contributed by atoms with Gasteiger partial charge in [-0.05, 0) is 6.92 Å². The fourth-order valence-electron chi connectivity index (χ4n) is 1.26. The highest BCUT2D eigenvalue weighted by Gasteiger charge is 1.92. The largest absolute Gasteiger partial charge is 0.243 e. The molecule has 0 atom stereocenters. The molecule has 0 N–H and O–H groups in total. The highest BCUT2D eigenvalue weighted by molar-refractivity contribution is 4.63. The molecular formula is C11H20N4+2. The first-order valence-electron chi connectivity index (χ1n) is 5.10. The maximum atomic E-state index is 2.12. The van der Waals surface area contributed by atoms with Crippen molar-refractivity contribution in [1.82, 2.24) is 9.13 Å². The molecule has 2 aromatic heterocycles. The van der Waals surface area contributed by atoms with Crippen LogP contribution in [0.4, 0.5) is 0 Å². The lowest BCUT2D eigenvalue weighted by Gasteiger charge is -1.81. The fraction of sp³-hybridized carbons (Fsp3) is 0.455. The lowest BCUT2D eigenvalue weighted by Crippen LogP contribution is -2.23. The first kappa shape index (κ1) is 11.5. The van der Waals surface area contributed by atoms with Crippen molar-refractivity contribution in [1.29, 1.82) is 0 Å². The molecular weight excluding hydrogens is 188 g/mol. The molecule has 0 amide bonds. The van der Waals surface area contributed by atoms with E-state index >= 15 is 0 Å². The fourth-order valence-corrected chi connectivity index (χ4v) is 1.26. The summed E-state index contributed by atoms with van der Waals surface area (Å²) in [6.07, 6.45) is 12.1. The molecule has 0 saturated carbocycles. The topological polar surface area (TPSA) is 17.6 Å². The van der Waals surface area contributed by atoms with Gasteiger partial charge in [0.1, 0.15) is 24.8 Å². The molecule has 0 bridgehead atoms. The minimum absolute atomic E-state index is 1.06. The van der Waals surface area contributed by atoms with E-state index in [0.29, 0.717) is 0 Å². The molecule has 0 unspecified atom stereocenters. The Morgan fingerprint density at radius 3 is 1.80 bits per heavy atom. The van der Waals surface area contributed by atoms with Crippen LogP contribution in [-0.2, 0) is 27.7 Å². The summed E-state index contributed by atoms with van der Waals surface area (Å²) in [5.74, 6) is 0. The number of rotatable bonds is 1. The lowest BCUT2D eigenvalue weighted by molar-refractivity contribution is -0.671. The van der Waals surface area contributed by atoms with Gasteiger partial charge in [-0.1, -0.05) is 0 Å². The molecule has 2 aromatic rings. The summed E-state index contributed by atoms with van der Waals surface area (Å²) in [5, 5.41) is 0. The smallest absolute Gasteiger partial charge is 0.240 e. The van der Waals surface area contributed by atoms with Crippen molar-refractivity contribution in [2.75, 3.05) is 0 Å². The number of hydrogen-bond donors (Lipinski definition) is 0. The van der Waals surface area contributed by atoms with E-state index < -0.39 is 0 Å². The van der Waals surface area contributed by atoms with Gasteiger partial charge in [-0.25, -0.2) is 18.3 Å². The van der Waals surface area contributed by atoms with E-state index in [-0.39, 0.29) is 0 Å². The summed E-state index contributed by atoms with van der Waals surface area (Å²) in [5.41, 5.74) is 0. The number of hydrogen-bond acceptors (Lipinski definition) is 0. The van der Waals surface area contributed by atoms with Crippen LogP contribution in [0.3, 0.4) is 0 Å². The molecule has 82 valence electrons. The lowest BCUT2D eigenvalue weighted by atomic mass is 10.7. The van der Waals surface area contributed by atoms with Gasteiger partial charge in [0.2, 0.25) is 12.7 Å². The van der Waals surface area contributed by atoms with Gasteiger partial charge in [-0.2, -0.15) is 0 Å². The number of nitrogens with zero attached hydrogens (tertiary/aromatic N) is 4. The van der Waals surface area contributed by atoms with Crippen molar-refractivity contribution < 1.29 is 9.13 Å². The minimum atomic E-state index is 1.06. The van der Waals surface area contributed by atoms with E-state index in [0.717, 1.165) is 6.54 Å². The maximum absolute atomic E-state index is 2.12. The van der Waals surface area contributed by atoms with Gasteiger partial charge in [0, 0.05) is 0 Å². The first-order valence-corrected chi connectivity index (χ1v) is 5.10. The molecule has 15 heavy (non-hydrogen) atoms. The summed E-state index contributed by atoms with van der Waals surface area (Å²) < 4.78 is 8.16. The number of aromatic nitrogens is 4. The van der Waals surface area contributed by atoms with Crippen molar-refractivity contribution in [2.24, 2.45) is 21.1 Å². The highest BCUT2D eigenvalue weighted by Crippen LogP contribution is 1.79. The van der Waals surface area contributed by atoms with Gasteiger partial charge in [-0.3, -0.25) is 0 Å². The Morgan fingerprint density at radius 1 is 1.00 bits per heavy atom. The van der Waals surface area contributed by atoms with Crippen LogP contribution in [0.2, 0.25) is 0 Å².